The molecule has 0 aliphatic carbocycles. The van der Waals surface area contributed by atoms with Crippen LogP contribution in [0, 0.1) is 0 Å². The summed E-state index contributed by atoms with van der Waals surface area (Å²) in [6.07, 6.45) is 1.41. The number of fused-ring (bicyclic) bond motifs is 1. The minimum Gasteiger partial charge on any atom is -0.480 e. The molecular formula is C10H11BrN4O3S2. The Morgan fingerprint density at radius 3 is 3.10 bits per heavy atom. The molecule has 1 amide bonds. The van der Waals surface area contributed by atoms with Crippen molar-refractivity contribution in [3.8, 4) is 0 Å². The molecule has 0 unspecified atom stereocenters. The first-order chi connectivity index (χ1) is 9.44. The van der Waals surface area contributed by atoms with Gasteiger partial charge in [0.15, 0.2) is 5.16 Å². The van der Waals surface area contributed by atoms with E-state index < -0.39 is 16.8 Å². The molecule has 2 saturated heterocycles. The molecule has 0 spiro atoms. The number of nitrogens with zero attached hydrogens (tertiary/aromatic N) is 3. The number of alkyl halides is 1. The van der Waals surface area contributed by atoms with Crippen LogP contribution < -0.4 is 0 Å². The number of aromatic nitrogens is 3. The van der Waals surface area contributed by atoms with E-state index in [1.807, 2.05) is 6.92 Å². The molecule has 0 aromatic carbocycles. The van der Waals surface area contributed by atoms with E-state index in [2.05, 4.69) is 31.1 Å². The SMILES string of the molecule is C[C@@]1(CSc2ncn[nH]2)S[C@@H]2[C@H](Br)C(=O)N2[C@H]1C(=O)O. The highest BCUT2D eigenvalue weighted by atomic mass is 79.9. The van der Waals surface area contributed by atoms with Crippen LogP contribution in [0.4, 0.5) is 0 Å². The van der Waals surface area contributed by atoms with Crippen molar-refractivity contribution in [1.29, 1.82) is 0 Å². The number of amides is 1. The van der Waals surface area contributed by atoms with Gasteiger partial charge in [-0.3, -0.25) is 9.89 Å². The van der Waals surface area contributed by atoms with Crippen LogP contribution in [0.1, 0.15) is 6.92 Å². The van der Waals surface area contributed by atoms with Gasteiger partial charge in [-0.25, -0.2) is 9.78 Å². The Balaban J connectivity index is 1.80. The molecule has 2 N–H and O–H groups in total. The molecule has 0 saturated carbocycles. The maximum absolute atomic E-state index is 11.8. The number of β-lactam (4-membered cyclic amide) rings is 1. The zero-order valence-corrected chi connectivity index (χ0v) is 13.5. The topological polar surface area (TPSA) is 99.2 Å². The molecule has 10 heteroatoms. The highest BCUT2D eigenvalue weighted by Crippen LogP contribution is 2.54. The van der Waals surface area contributed by atoms with Crippen LogP contribution in [-0.2, 0) is 9.59 Å². The fraction of sp³-hybridized carbons (Fsp3) is 0.600. The third-order valence-corrected chi connectivity index (χ3v) is 7.67. The van der Waals surface area contributed by atoms with Crippen LogP contribution in [0.3, 0.4) is 0 Å². The Kier molecular flexibility index (Phi) is 3.49. The van der Waals surface area contributed by atoms with E-state index in [1.165, 1.54) is 34.8 Å². The quantitative estimate of drug-likeness (QED) is 0.453. The molecule has 20 heavy (non-hydrogen) atoms. The lowest BCUT2D eigenvalue weighted by atomic mass is 9.98. The molecule has 2 aliphatic rings. The van der Waals surface area contributed by atoms with E-state index in [0.29, 0.717) is 10.9 Å². The highest BCUT2D eigenvalue weighted by molar-refractivity contribution is 9.10. The highest BCUT2D eigenvalue weighted by Gasteiger charge is 2.64. The molecule has 1 aromatic rings. The van der Waals surface area contributed by atoms with E-state index >= 15 is 0 Å². The first kappa shape index (κ1) is 14.2. The molecule has 2 fully saturated rings. The first-order valence-corrected chi connectivity index (χ1v) is 8.57. The molecule has 108 valence electrons. The summed E-state index contributed by atoms with van der Waals surface area (Å²) in [4.78, 5) is 28.6. The second kappa shape index (κ2) is 4.92. The van der Waals surface area contributed by atoms with Gasteiger partial charge >= 0.3 is 5.97 Å². The number of thioether (sulfide) groups is 2. The van der Waals surface area contributed by atoms with E-state index in [9.17, 15) is 14.7 Å². The minimum absolute atomic E-state index is 0.107. The third kappa shape index (κ3) is 2.04. The lowest BCUT2D eigenvalue weighted by molar-refractivity contribution is -0.156. The standard InChI is InChI=1S/C10H11BrN4O3S2/c1-10(2-19-9-12-3-13-14-9)5(8(17)18)15-6(16)4(11)7(15)20-10/h3-5,7H,2H2,1H3,(H,17,18)(H,12,13,14)/t4-,5+,7-,10+/m1/s1. The number of rotatable bonds is 4. The first-order valence-electron chi connectivity index (χ1n) is 5.79. The van der Waals surface area contributed by atoms with Crippen molar-refractivity contribution in [3.63, 3.8) is 0 Å². The van der Waals surface area contributed by atoms with Gasteiger partial charge < -0.3 is 10.0 Å². The fourth-order valence-electron chi connectivity index (χ4n) is 2.44. The molecule has 3 rings (SSSR count). The van der Waals surface area contributed by atoms with Crippen LogP contribution in [-0.4, -0.2) is 63.8 Å². The monoisotopic (exact) mass is 378 g/mol. The summed E-state index contributed by atoms with van der Waals surface area (Å²) in [7, 11) is 0. The average Bonchev–Trinajstić information content (AvgIpc) is 3.00. The summed E-state index contributed by atoms with van der Waals surface area (Å²) in [6.45, 7) is 1.88. The maximum atomic E-state index is 11.8. The number of carbonyl (C=O) groups is 2. The number of H-pyrrole nitrogens is 1. The molecule has 1 aromatic heterocycles. The number of hydrogen-bond donors (Lipinski definition) is 2. The van der Waals surface area contributed by atoms with E-state index in [1.54, 1.807) is 0 Å². The van der Waals surface area contributed by atoms with Crippen LogP contribution >= 0.6 is 39.5 Å². The molecule has 0 bridgehead atoms. The second-order valence-corrected chi connectivity index (χ2v) is 8.39. The fourth-order valence-corrected chi connectivity index (χ4v) is 6.00. The van der Waals surface area contributed by atoms with Crippen molar-refractivity contribution in [2.75, 3.05) is 5.75 Å². The van der Waals surface area contributed by atoms with E-state index in [4.69, 9.17) is 0 Å². The minimum atomic E-state index is -0.964. The van der Waals surface area contributed by atoms with Gasteiger partial charge in [-0.1, -0.05) is 27.7 Å². The van der Waals surface area contributed by atoms with Gasteiger partial charge in [-0.15, -0.1) is 11.8 Å². The molecule has 2 aliphatic heterocycles. The summed E-state index contributed by atoms with van der Waals surface area (Å²) in [5.74, 6) is -0.583. The molecule has 0 radical (unpaired) electrons. The lowest BCUT2D eigenvalue weighted by Gasteiger charge is -2.40. The van der Waals surface area contributed by atoms with Gasteiger partial charge in [-0.05, 0) is 6.92 Å². The number of carbonyl (C=O) groups excluding carboxylic acids is 1. The number of nitrogens with one attached hydrogen (secondary N) is 1. The summed E-state index contributed by atoms with van der Waals surface area (Å²) >= 11 is 6.25. The Bertz CT molecular complexity index is 557. The molecule has 3 heterocycles. The summed E-state index contributed by atoms with van der Waals surface area (Å²) in [6, 6.07) is -0.811. The van der Waals surface area contributed by atoms with Crippen LogP contribution in [0.5, 0.6) is 0 Å². The van der Waals surface area contributed by atoms with Crippen LogP contribution in [0.15, 0.2) is 11.5 Å². The van der Waals surface area contributed by atoms with E-state index in [-0.39, 0.29) is 16.1 Å². The van der Waals surface area contributed by atoms with Crippen molar-refractivity contribution in [3.05, 3.63) is 6.33 Å². The third-order valence-electron chi connectivity index (χ3n) is 3.38. The smallest absolute Gasteiger partial charge is 0.327 e. The van der Waals surface area contributed by atoms with Gasteiger partial charge in [0.1, 0.15) is 22.6 Å². The van der Waals surface area contributed by atoms with Gasteiger partial charge in [0.05, 0.1) is 4.75 Å². The predicted octanol–water partition coefficient (Wildman–Crippen LogP) is 0.787. The van der Waals surface area contributed by atoms with Crippen molar-refractivity contribution in [2.24, 2.45) is 0 Å². The summed E-state index contributed by atoms with van der Waals surface area (Å²) in [5, 5.41) is 16.5. The largest absolute Gasteiger partial charge is 0.480 e. The molecule has 7 nitrogen and oxygen atoms in total. The second-order valence-electron chi connectivity index (χ2n) is 4.79. The number of halogens is 1. The Hall–Kier alpha value is -0.740. The summed E-state index contributed by atoms with van der Waals surface area (Å²) < 4.78 is -0.563. The predicted molar refractivity (Wildman–Crippen MR) is 77.9 cm³/mol. The van der Waals surface area contributed by atoms with Crippen molar-refractivity contribution in [1.82, 2.24) is 20.1 Å². The average molecular weight is 379 g/mol. The van der Waals surface area contributed by atoms with Crippen molar-refractivity contribution < 1.29 is 14.7 Å². The van der Waals surface area contributed by atoms with Gasteiger partial charge in [0.2, 0.25) is 5.91 Å². The number of carboxylic acids is 1. The zero-order valence-electron chi connectivity index (χ0n) is 10.3. The molecular weight excluding hydrogens is 368 g/mol. The van der Waals surface area contributed by atoms with Crippen molar-refractivity contribution in [2.45, 2.75) is 33.1 Å². The van der Waals surface area contributed by atoms with Crippen molar-refractivity contribution >= 4 is 51.3 Å². The lowest BCUT2D eigenvalue weighted by Crippen LogP contribution is -2.63. The Labute approximate surface area is 131 Å². The number of aromatic amines is 1. The van der Waals surface area contributed by atoms with Crippen LogP contribution in [0.2, 0.25) is 0 Å². The van der Waals surface area contributed by atoms with Crippen LogP contribution in [0.25, 0.3) is 0 Å². The molecule has 4 atom stereocenters. The normalized spacial score (nSPS) is 35.8. The van der Waals surface area contributed by atoms with E-state index in [0.717, 1.165) is 0 Å². The van der Waals surface area contributed by atoms with Gasteiger partial charge in [-0.2, -0.15) is 5.10 Å². The van der Waals surface area contributed by atoms with Gasteiger partial charge in [0, 0.05) is 5.75 Å². The number of carboxylic acid groups (broad SMARTS) is 1. The zero-order chi connectivity index (χ0) is 14.5. The number of hydrogen-bond acceptors (Lipinski definition) is 6. The Morgan fingerprint density at radius 2 is 2.50 bits per heavy atom. The summed E-state index contributed by atoms with van der Waals surface area (Å²) in [5.41, 5.74) is 0. The number of aliphatic carboxylic acids is 1. The van der Waals surface area contributed by atoms with Gasteiger partial charge in [0.25, 0.3) is 0 Å². The Morgan fingerprint density at radius 1 is 1.75 bits per heavy atom. The maximum Gasteiger partial charge on any atom is 0.327 e.